The monoisotopic (exact) mass is 484 g/mol. The number of anilines is 1. The second kappa shape index (κ2) is 9.19. The molecule has 0 spiro atoms. The molecule has 0 saturated carbocycles. The van der Waals surface area contributed by atoms with Crippen molar-refractivity contribution in [3.05, 3.63) is 82.1 Å². The van der Waals surface area contributed by atoms with Crippen molar-refractivity contribution in [2.75, 3.05) is 31.2 Å². The van der Waals surface area contributed by atoms with E-state index in [2.05, 4.69) is 19.9 Å². The number of aliphatic hydroxyl groups excluding tert-OH is 1. The fourth-order valence-electron chi connectivity index (χ4n) is 4.02. The summed E-state index contributed by atoms with van der Waals surface area (Å²) >= 11 is 12.4. The number of hydrogen-bond acceptors (Lipinski definition) is 6. The Hall–Kier alpha value is -2.84. The van der Waals surface area contributed by atoms with E-state index in [-0.39, 0.29) is 15.6 Å². The van der Waals surface area contributed by atoms with Gasteiger partial charge in [0.15, 0.2) is 0 Å². The van der Waals surface area contributed by atoms with Crippen molar-refractivity contribution < 1.29 is 14.2 Å². The van der Waals surface area contributed by atoms with Gasteiger partial charge in [0.2, 0.25) is 0 Å². The Bertz CT molecular complexity index is 1310. The van der Waals surface area contributed by atoms with Crippen LogP contribution in [0, 0.1) is 5.82 Å². The van der Waals surface area contributed by atoms with Crippen molar-refractivity contribution in [1.29, 1.82) is 0 Å². The Kier molecular flexibility index (Phi) is 6.12. The van der Waals surface area contributed by atoms with Crippen molar-refractivity contribution >= 4 is 39.8 Å². The molecule has 0 amide bonds. The first kappa shape index (κ1) is 22.0. The average molecular weight is 485 g/mol. The summed E-state index contributed by atoms with van der Waals surface area (Å²) in [6.45, 7) is 2.97. The summed E-state index contributed by atoms with van der Waals surface area (Å²) in [4.78, 5) is 14.9. The molecule has 2 aromatic carbocycles. The highest BCUT2D eigenvalue weighted by atomic mass is 35.5. The molecule has 1 aliphatic rings. The summed E-state index contributed by atoms with van der Waals surface area (Å²) in [5.74, 6) is -0.463. The topological polar surface area (TPSA) is 71.4 Å². The van der Waals surface area contributed by atoms with Gasteiger partial charge in [0.05, 0.1) is 34.5 Å². The molecule has 33 heavy (non-hydrogen) atoms. The Balaban J connectivity index is 1.57. The van der Waals surface area contributed by atoms with E-state index in [9.17, 15) is 9.50 Å². The van der Waals surface area contributed by atoms with E-state index >= 15 is 0 Å². The van der Waals surface area contributed by atoms with Gasteiger partial charge < -0.3 is 14.7 Å². The molecule has 1 atom stereocenters. The maximum atomic E-state index is 15.0. The zero-order valence-corrected chi connectivity index (χ0v) is 18.9. The Morgan fingerprint density at radius 3 is 2.52 bits per heavy atom. The first-order chi connectivity index (χ1) is 16.0. The van der Waals surface area contributed by atoms with Crippen molar-refractivity contribution in [3.8, 4) is 11.3 Å². The molecule has 168 valence electrons. The van der Waals surface area contributed by atoms with Crippen LogP contribution in [0.2, 0.25) is 10.0 Å². The first-order valence-corrected chi connectivity index (χ1v) is 11.1. The van der Waals surface area contributed by atoms with Crippen LogP contribution in [0.5, 0.6) is 0 Å². The van der Waals surface area contributed by atoms with Crippen LogP contribution in [0.25, 0.3) is 22.2 Å². The molecule has 0 bridgehead atoms. The van der Waals surface area contributed by atoms with Crippen LogP contribution >= 0.6 is 23.2 Å². The van der Waals surface area contributed by atoms with Gasteiger partial charge in [-0.05, 0) is 35.9 Å². The van der Waals surface area contributed by atoms with Gasteiger partial charge in [0.25, 0.3) is 0 Å². The van der Waals surface area contributed by atoms with Gasteiger partial charge in [-0.15, -0.1) is 0 Å². The third kappa shape index (κ3) is 4.25. The maximum Gasteiger partial charge on any atom is 0.132 e. The summed E-state index contributed by atoms with van der Waals surface area (Å²) in [5.41, 5.74) is 3.16. The molecule has 1 saturated heterocycles. The van der Waals surface area contributed by atoms with E-state index in [4.69, 9.17) is 27.9 Å². The molecule has 6 nitrogen and oxygen atoms in total. The van der Waals surface area contributed by atoms with E-state index < -0.39 is 11.9 Å². The Morgan fingerprint density at radius 2 is 1.76 bits per heavy atom. The highest BCUT2D eigenvalue weighted by Gasteiger charge is 2.21. The van der Waals surface area contributed by atoms with Gasteiger partial charge in [-0.1, -0.05) is 29.3 Å². The number of fused-ring (bicyclic) bond motifs is 1. The smallest absolute Gasteiger partial charge is 0.132 e. The minimum atomic E-state index is -1.16. The highest BCUT2D eigenvalue weighted by molar-refractivity contribution is 6.35. The van der Waals surface area contributed by atoms with Gasteiger partial charge in [0.1, 0.15) is 18.2 Å². The fourth-order valence-corrected chi connectivity index (χ4v) is 4.59. The molecule has 1 aliphatic heterocycles. The molecule has 0 aliphatic carbocycles. The minimum absolute atomic E-state index is 0.226. The highest BCUT2D eigenvalue weighted by Crippen LogP contribution is 2.36. The van der Waals surface area contributed by atoms with Crippen LogP contribution in [0.4, 0.5) is 10.1 Å². The van der Waals surface area contributed by atoms with E-state index in [1.54, 1.807) is 6.07 Å². The summed E-state index contributed by atoms with van der Waals surface area (Å²) in [5, 5.41) is 12.1. The minimum Gasteiger partial charge on any atom is -0.384 e. The summed E-state index contributed by atoms with van der Waals surface area (Å²) < 4.78 is 20.4. The van der Waals surface area contributed by atoms with Crippen molar-refractivity contribution in [1.82, 2.24) is 15.0 Å². The standard InChI is InChI=1S/C24H19Cl2FN4O2/c25-18-11-28-12-19(26)22(18)24(32)14-1-4-20(27)17(9-14)23-16-3-2-15(10-21(16)29-13-30-23)31-5-7-33-8-6-31/h1-4,9-13,24,32H,5-8H2. The Labute approximate surface area is 199 Å². The predicted molar refractivity (Wildman–Crippen MR) is 126 cm³/mol. The molecule has 1 unspecified atom stereocenters. The molecule has 0 radical (unpaired) electrons. The number of benzene rings is 2. The lowest BCUT2D eigenvalue weighted by molar-refractivity contribution is 0.122. The molecule has 5 rings (SSSR count). The number of hydrogen-bond donors (Lipinski definition) is 1. The second-order valence-corrected chi connectivity index (χ2v) is 8.50. The number of morpholine rings is 1. The quantitative estimate of drug-likeness (QED) is 0.436. The molecule has 2 aromatic heterocycles. The molecule has 1 fully saturated rings. The lowest BCUT2D eigenvalue weighted by Gasteiger charge is -2.29. The van der Waals surface area contributed by atoms with Gasteiger partial charge in [-0.2, -0.15) is 0 Å². The third-order valence-electron chi connectivity index (χ3n) is 5.72. The van der Waals surface area contributed by atoms with Gasteiger partial charge in [-0.25, -0.2) is 14.4 Å². The number of halogens is 3. The van der Waals surface area contributed by atoms with Gasteiger partial charge in [-0.3, -0.25) is 4.98 Å². The molecule has 4 aromatic rings. The van der Waals surface area contributed by atoms with E-state index in [1.165, 1.54) is 30.9 Å². The largest absolute Gasteiger partial charge is 0.384 e. The molecule has 9 heteroatoms. The van der Waals surface area contributed by atoms with Crippen LogP contribution in [0.1, 0.15) is 17.2 Å². The zero-order valence-electron chi connectivity index (χ0n) is 17.4. The molecule has 1 N–H and O–H groups in total. The SMILES string of the molecule is OC(c1ccc(F)c(-c2ncnc3cc(N4CCOCC4)ccc23)c1)c1c(Cl)cncc1Cl. The average Bonchev–Trinajstić information content (AvgIpc) is 2.84. The van der Waals surface area contributed by atoms with Crippen molar-refractivity contribution in [2.24, 2.45) is 0 Å². The maximum absolute atomic E-state index is 15.0. The van der Waals surface area contributed by atoms with E-state index in [0.717, 1.165) is 18.8 Å². The number of nitrogens with zero attached hydrogens (tertiary/aromatic N) is 4. The predicted octanol–water partition coefficient (Wildman–Crippen LogP) is 5.06. The summed E-state index contributed by atoms with van der Waals surface area (Å²) in [6, 6.07) is 10.2. The van der Waals surface area contributed by atoms with Crippen molar-refractivity contribution in [2.45, 2.75) is 6.10 Å². The van der Waals surface area contributed by atoms with Crippen LogP contribution in [0.3, 0.4) is 0 Å². The third-order valence-corrected chi connectivity index (χ3v) is 6.32. The van der Waals surface area contributed by atoms with Gasteiger partial charge in [0, 0.05) is 47.7 Å². The lowest BCUT2D eigenvalue weighted by Crippen LogP contribution is -2.36. The first-order valence-electron chi connectivity index (χ1n) is 10.4. The van der Waals surface area contributed by atoms with Gasteiger partial charge >= 0.3 is 0 Å². The number of rotatable bonds is 4. The van der Waals surface area contributed by atoms with E-state index in [1.807, 2.05) is 18.2 Å². The fraction of sp³-hybridized carbons (Fsp3) is 0.208. The molecule has 3 heterocycles. The Morgan fingerprint density at radius 1 is 1.00 bits per heavy atom. The zero-order chi connectivity index (χ0) is 22.9. The number of aliphatic hydroxyl groups is 1. The number of pyridine rings is 1. The number of aromatic nitrogens is 3. The lowest BCUT2D eigenvalue weighted by atomic mass is 9.97. The van der Waals surface area contributed by atoms with Crippen LogP contribution in [0.15, 0.2) is 55.1 Å². The molecular formula is C24H19Cl2FN4O2. The number of ether oxygens (including phenoxy) is 1. The van der Waals surface area contributed by atoms with Crippen LogP contribution in [-0.2, 0) is 4.74 Å². The normalized spacial score (nSPS) is 15.1. The van der Waals surface area contributed by atoms with Crippen LogP contribution in [-0.4, -0.2) is 46.4 Å². The second-order valence-electron chi connectivity index (χ2n) is 7.68. The summed E-state index contributed by atoms with van der Waals surface area (Å²) in [6.07, 6.45) is 3.06. The summed E-state index contributed by atoms with van der Waals surface area (Å²) in [7, 11) is 0. The van der Waals surface area contributed by atoms with Crippen LogP contribution < -0.4 is 4.90 Å². The molecular weight excluding hydrogens is 466 g/mol. The van der Waals surface area contributed by atoms with Crippen molar-refractivity contribution in [3.63, 3.8) is 0 Å². The van der Waals surface area contributed by atoms with E-state index in [0.29, 0.717) is 40.9 Å².